The molecule has 1 fully saturated rings. The first-order valence-electron chi connectivity index (χ1n) is 10.2. The molecule has 4 aromatic rings. The molecule has 156 valence electrons. The van der Waals surface area contributed by atoms with Gasteiger partial charge in [-0.25, -0.2) is 9.67 Å². The molecule has 1 saturated carbocycles. The Morgan fingerprint density at radius 1 is 1.19 bits per heavy atom. The molecule has 3 heterocycles. The minimum absolute atomic E-state index is 0.0336. The van der Waals surface area contributed by atoms with E-state index in [-0.39, 0.29) is 17.7 Å². The largest absolute Gasteiger partial charge is 0.355 e. The van der Waals surface area contributed by atoms with Gasteiger partial charge in [-0.2, -0.15) is 5.10 Å². The summed E-state index contributed by atoms with van der Waals surface area (Å²) in [6, 6.07) is 11.8. The number of aromatic nitrogens is 4. The Bertz CT molecular complexity index is 1310. The zero-order valence-corrected chi connectivity index (χ0v) is 17.3. The summed E-state index contributed by atoms with van der Waals surface area (Å²) in [7, 11) is 1.58. The number of aromatic amines is 1. The van der Waals surface area contributed by atoms with E-state index in [2.05, 4.69) is 25.7 Å². The normalized spacial score (nSPS) is 13.4. The zero-order chi connectivity index (χ0) is 21.5. The predicted molar refractivity (Wildman–Crippen MR) is 118 cm³/mol. The van der Waals surface area contributed by atoms with E-state index < -0.39 is 0 Å². The van der Waals surface area contributed by atoms with Gasteiger partial charge in [0.15, 0.2) is 5.82 Å². The minimum Gasteiger partial charge on any atom is -0.355 e. The molecule has 3 aromatic heterocycles. The Hall–Kier alpha value is -3.94. The predicted octanol–water partition coefficient (Wildman–Crippen LogP) is 3.43. The van der Waals surface area contributed by atoms with E-state index in [1.54, 1.807) is 7.05 Å². The molecule has 1 aliphatic rings. The lowest BCUT2D eigenvalue weighted by atomic mass is 10.1. The number of nitrogens with one attached hydrogen (secondary N) is 3. The number of aryl methyl sites for hydroxylation is 1. The van der Waals surface area contributed by atoms with Crippen molar-refractivity contribution in [2.45, 2.75) is 19.8 Å². The van der Waals surface area contributed by atoms with Crippen LogP contribution in [0.25, 0.3) is 27.8 Å². The van der Waals surface area contributed by atoms with Crippen LogP contribution in [0.1, 0.15) is 28.9 Å². The van der Waals surface area contributed by atoms with Gasteiger partial charge in [0.05, 0.1) is 22.5 Å². The van der Waals surface area contributed by atoms with Crippen molar-refractivity contribution in [3.63, 3.8) is 0 Å². The number of hydrogen-bond donors (Lipinski definition) is 3. The number of rotatable bonds is 5. The maximum Gasteiger partial charge on any atom is 0.253 e. The summed E-state index contributed by atoms with van der Waals surface area (Å²) in [5, 5.41) is 10.7. The second-order valence-electron chi connectivity index (χ2n) is 7.79. The third-order valence-electron chi connectivity index (χ3n) is 5.47. The molecule has 31 heavy (non-hydrogen) atoms. The third kappa shape index (κ3) is 3.56. The molecule has 0 unspecified atom stereocenters. The second-order valence-corrected chi connectivity index (χ2v) is 7.79. The van der Waals surface area contributed by atoms with Gasteiger partial charge in [-0.15, -0.1) is 0 Å². The zero-order valence-electron chi connectivity index (χ0n) is 17.3. The van der Waals surface area contributed by atoms with Gasteiger partial charge < -0.3 is 15.6 Å². The number of nitrogens with zero attached hydrogens (tertiary/aromatic N) is 3. The molecule has 0 atom stereocenters. The number of fused-ring (bicyclic) bond motifs is 1. The molecule has 1 aliphatic carbocycles. The fourth-order valence-corrected chi connectivity index (χ4v) is 3.62. The Morgan fingerprint density at radius 3 is 2.74 bits per heavy atom. The molecule has 0 radical (unpaired) electrons. The van der Waals surface area contributed by atoms with E-state index in [9.17, 15) is 9.59 Å². The van der Waals surface area contributed by atoms with Gasteiger partial charge in [-0.1, -0.05) is 12.1 Å². The van der Waals surface area contributed by atoms with Gasteiger partial charge >= 0.3 is 0 Å². The first-order chi connectivity index (χ1) is 15.0. The monoisotopic (exact) mass is 414 g/mol. The number of hydrogen-bond acceptors (Lipinski definition) is 4. The van der Waals surface area contributed by atoms with Crippen LogP contribution in [0.2, 0.25) is 0 Å². The van der Waals surface area contributed by atoms with Crippen LogP contribution in [0.15, 0.2) is 48.8 Å². The number of carbonyl (C=O) groups excluding carboxylic acids is 2. The van der Waals surface area contributed by atoms with Gasteiger partial charge in [0.25, 0.3) is 5.91 Å². The summed E-state index contributed by atoms with van der Waals surface area (Å²) >= 11 is 0. The molecule has 8 heteroatoms. The summed E-state index contributed by atoms with van der Waals surface area (Å²) in [4.78, 5) is 32.4. The topological polar surface area (TPSA) is 105 Å². The highest BCUT2D eigenvalue weighted by Crippen LogP contribution is 2.33. The summed E-state index contributed by atoms with van der Waals surface area (Å²) in [6.45, 7) is 1.95. The molecule has 0 bridgehead atoms. The van der Waals surface area contributed by atoms with Gasteiger partial charge in [0, 0.05) is 42.0 Å². The highest BCUT2D eigenvalue weighted by Gasteiger charge is 2.30. The van der Waals surface area contributed by atoms with E-state index >= 15 is 0 Å². The van der Waals surface area contributed by atoms with Crippen LogP contribution >= 0.6 is 0 Å². The van der Waals surface area contributed by atoms with E-state index in [0.29, 0.717) is 22.3 Å². The summed E-state index contributed by atoms with van der Waals surface area (Å²) < 4.78 is 1.82. The van der Waals surface area contributed by atoms with E-state index in [0.717, 1.165) is 35.5 Å². The van der Waals surface area contributed by atoms with Gasteiger partial charge in [0.1, 0.15) is 0 Å². The van der Waals surface area contributed by atoms with E-state index in [4.69, 9.17) is 0 Å². The van der Waals surface area contributed by atoms with Crippen LogP contribution in [0.3, 0.4) is 0 Å². The first kappa shape index (κ1) is 19.0. The third-order valence-corrected chi connectivity index (χ3v) is 5.47. The van der Waals surface area contributed by atoms with Crippen LogP contribution < -0.4 is 10.6 Å². The van der Waals surface area contributed by atoms with Crippen molar-refractivity contribution in [3.05, 3.63) is 60.0 Å². The molecule has 3 N–H and O–H groups in total. The van der Waals surface area contributed by atoms with Crippen LogP contribution in [0, 0.1) is 12.8 Å². The Balaban J connectivity index is 1.61. The van der Waals surface area contributed by atoms with Crippen LogP contribution in [-0.4, -0.2) is 38.6 Å². The van der Waals surface area contributed by atoms with Crippen molar-refractivity contribution in [3.8, 4) is 16.9 Å². The summed E-state index contributed by atoms with van der Waals surface area (Å²) in [5.74, 6) is 0.223. The Morgan fingerprint density at radius 2 is 2.03 bits per heavy atom. The SMILES string of the molecule is CNC(=O)c1cnc(NC(=O)C2CC2)c2[nH]c(-c3cccc(-n4ccc(C)n4)c3)cc12. The minimum atomic E-state index is -0.233. The molecule has 0 aliphatic heterocycles. The first-order valence-corrected chi connectivity index (χ1v) is 10.2. The second kappa shape index (κ2) is 7.39. The number of benzene rings is 1. The van der Waals surface area contributed by atoms with Crippen molar-refractivity contribution in [1.29, 1.82) is 0 Å². The van der Waals surface area contributed by atoms with Crippen molar-refractivity contribution in [2.75, 3.05) is 12.4 Å². The average Bonchev–Trinajstić information content (AvgIpc) is 3.39. The Labute approximate surface area is 178 Å². The molecular weight excluding hydrogens is 392 g/mol. The number of amides is 2. The van der Waals surface area contributed by atoms with Crippen molar-refractivity contribution in [1.82, 2.24) is 25.1 Å². The maximum absolute atomic E-state index is 12.4. The van der Waals surface area contributed by atoms with Gasteiger partial charge in [0.2, 0.25) is 5.91 Å². The smallest absolute Gasteiger partial charge is 0.253 e. The fourth-order valence-electron chi connectivity index (χ4n) is 3.62. The highest BCUT2D eigenvalue weighted by molar-refractivity contribution is 6.11. The molecule has 8 nitrogen and oxygen atoms in total. The maximum atomic E-state index is 12.4. The lowest BCUT2D eigenvalue weighted by Gasteiger charge is -2.07. The van der Waals surface area contributed by atoms with Crippen molar-refractivity contribution in [2.24, 2.45) is 5.92 Å². The molecule has 0 spiro atoms. The number of H-pyrrole nitrogens is 1. The summed E-state index contributed by atoms with van der Waals surface area (Å²) in [6.07, 6.45) is 5.23. The highest BCUT2D eigenvalue weighted by atomic mass is 16.2. The Kier molecular flexibility index (Phi) is 4.54. The lowest BCUT2D eigenvalue weighted by molar-refractivity contribution is -0.117. The number of pyridine rings is 1. The molecule has 0 saturated heterocycles. The molecule has 5 rings (SSSR count). The average molecular weight is 414 g/mol. The number of carbonyl (C=O) groups is 2. The van der Waals surface area contributed by atoms with Crippen molar-refractivity contribution >= 4 is 28.5 Å². The lowest BCUT2D eigenvalue weighted by Crippen LogP contribution is -2.19. The van der Waals surface area contributed by atoms with Crippen molar-refractivity contribution < 1.29 is 9.59 Å². The van der Waals surface area contributed by atoms with Crippen LogP contribution in [0.4, 0.5) is 5.82 Å². The quantitative estimate of drug-likeness (QED) is 0.465. The van der Waals surface area contributed by atoms with Crippen LogP contribution in [-0.2, 0) is 4.79 Å². The number of anilines is 1. The summed E-state index contributed by atoms with van der Waals surface area (Å²) in [5.41, 5.74) is 4.70. The molecule has 1 aromatic carbocycles. The van der Waals surface area contributed by atoms with E-state index in [1.807, 2.05) is 54.2 Å². The van der Waals surface area contributed by atoms with E-state index in [1.165, 1.54) is 6.20 Å². The molecule has 2 amide bonds. The van der Waals surface area contributed by atoms with Gasteiger partial charge in [-0.3, -0.25) is 9.59 Å². The van der Waals surface area contributed by atoms with Gasteiger partial charge in [-0.05, 0) is 44.0 Å². The molecular formula is C23H22N6O2. The van der Waals surface area contributed by atoms with Crippen LogP contribution in [0.5, 0.6) is 0 Å². The fraction of sp³-hybridized carbons (Fsp3) is 0.217. The standard InChI is InChI=1S/C23H22N6O2/c1-13-8-9-29(28-13)16-5-3-4-15(10-16)19-11-17-18(23(31)24-2)12-25-21(20(17)26-19)27-22(30)14-6-7-14/h3-5,8-12,14,26H,6-7H2,1-2H3,(H,24,31)(H,25,27,30).